The summed E-state index contributed by atoms with van der Waals surface area (Å²) in [6.45, 7) is -0.258. The Balaban J connectivity index is 2.00. The van der Waals surface area contributed by atoms with Crippen molar-refractivity contribution in [3.05, 3.63) is 53.3 Å². The van der Waals surface area contributed by atoms with Crippen LogP contribution in [0.15, 0.2) is 40.8 Å². The molecule has 156 valence electrons. The third kappa shape index (κ3) is 3.39. The van der Waals surface area contributed by atoms with E-state index in [4.69, 9.17) is 4.42 Å². The summed E-state index contributed by atoms with van der Waals surface area (Å²) < 4.78 is 44.8. The van der Waals surface area contributed by atoms with Crippen molar-refractivity contribution in [2.24, 2.45) is 0 Å². The van der Waals surface area contributed by atoms with Crippen LogP contribution >= 0.6 is 0 Å². The van der Waals surface area contributed by atoms with Crippen molar-refractivity contribution in [2.45, 2.75) is 6.54 Å². The summed E-state index contributed by atoms with van der Waals surface area (Å²) in [5.74, 6) is -1.04. The highest BCUT2D eigenvalue weighted by molar-refractivity contribution is 7.92. The van der Waals surface area contributed by atoms with Crippen LogP contribution in [-0.4, -0.2) is 40.1 Å². The molecule has 3 aromatic rings. The molecule has 0 saturated heterocycles. The molecule has 2 aromatic carbocycles. The van der Waals surface area contributed by atoms with Gasteiger partial charge >= 0.3 is 0 Å². The lowest BCUT2D eigenvalue weighted by molar-refractivity contribution is -0.119. The zero-order chi connectivity index (χ0) is 21.6. The molecule has 0 spiro atoms. The highest BCUT2D eigenvalue weighted by atomic mass is 32.2. The van der Waals surface area contributed by atoms with Crippen molar-refractivity contribution in [3.63, 3.8) is 0 Å². The van der Waals surface area contributed by atoms with E-state index in [1.165, 1.54) is 37.4 Å². The predicted octanol–water partition coefficient (Wildman–Crippen LogP) is 1.99. The number of rotatable bonds is 3. The van der Waals surface area contributed by atoms with E-state index in [0.29, 0.717) is 22.2 Å². The molecule has 8 nitrogen and oxygen atoms in total. The number of halogens is 1. The molecule has 2 amide bonds. The number of nitrogens with one attached hydrogen (secondary N) is 2. The fourth-order valence-corrected chi connectivity index (χ4v) is 4.35. The van der Waals surface area contributed by atoms with Gasteiger partial charge < -0.3 is 15.1 Å². The first kappa shape index (κ1) is 19.9. The van der Waals surface area contributed by atoms with E-state index >= 15 is 0 Å². The van der Waals surface area contributed by atoms with Gasteiger partial charge in [-0.05, 0) is 35.9 Å². The maximum atomic E-state index is 13.4. The molecule has 2 heterocycles. The first-order valence-corrected chi connectivity index (χ1v) is 10.9. The highest BCUT2D eigenvalue weighted by Gasteiger charge is 2.29. The van der Waals surface area contributed by atoms with Crippen molar-refractivity contribution in [3.8, 4) is 11.3 Å². The van der Waals surface area contributed by atoms with Crippen LogP contribution in [0.4, 0.5) is 10.1 Å². The molecule has 0 radical (unpaired) electrons. The number of amides is 2. The normalized spacial score (nSPS) is 14.2. The molecule has 1 aliphatic heterocycles. The number of fused-ring (bicyclic) bond motifs is 2. The van der Waals surface area contributed by atoms with Crippen LogP contribution in [0.5, 0.6) is 0 Å². The highest BCUT2D eigenvalue weighted by Crippen LogP contribution is 2.38. The second kappa shape index (κ2) is 7.13. The van der Waals surface area contributed by atoms with Crippen LogP contribution in [0.1, 0.15) is 15.9 Å². The Morgan fingerprint density at radius 2 is 1.93 bits per heavy atom. The minimum atomic E-state index is -3.74. The Hall–Kier alpha value is -3.40. The van der Waals surface area contributed by atoms with E-state index in [1.807, 2.05) is 0 Å². The first-order chi connectivity index (χ1) is 14.2. The minimum absolute atomic E-state index is 0.0976. The summed E-state index contributed by atoms with van der Waals surface area (Å²) in [7, 11) is -2.26. The maximum Gasteiger partial charge on any atom is 0.255 e. The number of sulfonamides is 1. The van der Waals surface area contributed by atoms with Gasteiger partial charge in [0.25, 0.3) is 5.91 Å². The predicted molar refractivity (Wildman–Crippen MR) is 109 cm³/mol. The van der Waals surface area contributed by atoms with Gasteiger partial charge in [-0.25, -0.2) is 12.8 Å². The van der Waals surface area contributed by atoms with Crippen LogP contribution < -0.4 is 14.9 Å². The van der Waals surface area contributed by atoms with E-state index in [-0.39, 0.29) is 30.0 Å². The summed E-state index contributed by atoms with van der Waals surface area (Å²) in [5, 5.41) is 5.68. The summed E-state index contributed by atoms with van der Waals surface area (Å²) in [6.07, 6.45) is 1.02. The number of hydrogen-bond donors (Lipinski definition) is 2. The molecule has 0 fully saturated rings. The summed E-state index contributed by atoms with van der Waals surface area (Å²) >= 11 is 0. The van der Waals surface area contributed by atoms with Gasteiger partial charge in [0.05, 0.1) is 17.5 Å². The van der Waals surface area contributed by atoms with E-state index in [0.717, 1.165) is 10.6 Å². The Kier molecular flexibility index (Phi) is 4.73. The average Bonchev–Trinajstić information content (AvgIpc) is 2.98. The van der Waals surface area contributed by atoms with Gasteiger partial charge in [-0.2, -0.15) is 0 Å². The van der Waals surface area contributed by atoms with Gasteiger partial charge in [0.15, 0.2) is 0 Å². The van der Waals surface area contributed by atoms with Crippen molar-refractivity contribution in [1.29, 1.82) is 0 Å². The number of anilines is 1. The molecule has 4 rings (SSSR count). The van der Waals surface area contributed by atoms with Gasteiger partial charge in [0, 0.05) is 30.6 Å². The topological polar surface area (TPSA) is 109 Å². The molecule has 2 N–H and O–H groups in total. The first-order valence-electron chi connectivity index (χ1n) is 9.01. The molecule has 0 bridgehead atoms. The monoisotopic (exact) mass is 431 g/mol. The van der Waals surface area contributed by atoms with E-state index < -0.39 is 27.7 Å². The van der Waals surface area contributed by atoms with E-state index in [9.17, 15) is 22.4 Å². The quantitative estimate of drug-likeness (QED) is 0.659. The Morgan fingerprint density at radius 1 is 1.23 bits per heavy atom. The minimum Gasteiger partial charge on any atom is -0.455 e. The molecule has 0 atom stereocenters. The van der Waals surface area contributed by atoms with Gasteiger partial charge in [-0.15, -0.1) is 0 Å². The third-order valence-corrected chi connectivity index (χ3v) is 6.01. The molecular weight excluding hydrogens is 413 g/mol. The zero-order valence-electron chi connectivity index (χ0n) is 16.2. The van der Waals surface area contributed by atoms with Gasteiger partial charge in [0.2, 0.25) is 15.9 Å². The second-order valence-electron chi connectivity index (χ2n) is 6.92. The molecule has 0 unspecified atom stereocenters. The van der Waals surface area contributed by atoms with E-state index in [2.05, 4.69) is 10.6 Å². The lowest BCUT2D eigenvalue weighted by Crippen LogP contribution is -2.37. The SMILES string of the molecule is CNC(=O)c1c(-c2ccc(F)cc2)oc2cc3c(cc12)CNC(=O)CN3S(C)(=O)=O. The molecule has 0 aliphatic carbocycles. The maximum absolute atomic E-state index is 13.4. The number of furan rings is 1. The van der Waals surface area contributed by atoms with Gasteiger partial charge in [-0.3, -0.25) is 13.9 Å². The van der Waals surface area contributed by atoms with Crippen molar-refractivity contribution >= 4 is 38.5 Å². The fourth-order valence-electron chi connectivity index (χ4n) is 3.47. The zero-order valence-corrected chi connectivity index (χ0v) is 17.0. The molecule has 10 heteroatoms. The number of benzene rings is 2. The van der Waals surface area contributed by atoms with Gasteiger partial charge in [0.1, 0.15) is 23.7 Å². The van der Waals surface area contributed by atoms with Crippen LogP contribution in [0.25, 0.3) is 22.3 Å². The Morgan fingerprint density at radius 3 is 2.57 bits per heavy atom. The summed E-state index contributed by atoms with van der Waals surface area (Å²) in [6, 6.07) is 8.64. The summed E-state index contributed by atoms with van der Waals surface area (Å²) in [5.41, 5.74) is 1.83. The Labute approximate surface area is 171 Å². The summed E-state index contributed by atoms with van der Waals surface area (Å²) in [4.78, 5) is 24.6. The molecule has 30 heavy (non-hydrogen) atoms. The van der Waals surface area contributed by atoms with Crippen LogP contribution in [-0.2, 0) is 21.4 Å². The smallest absolute Gasteiger partial charge is 0.255 e. The van der Waals surface area contributed by atoms with E-state index in [1.54, 1.807) is 6.07 Å². The van der Waals surface area contributed by atoms with Crippen molar-refractivity contribution < 1.29 is 26.8 Å². The van der Waals surface area contributed by atoms with Crippen LogP contribution in [0.3, 0.4) is 0 Å². The molecule has 1 aliphatic rings. The molecule has 1 aromatic heterocycles. The van der Waals surface area contributed by atoms with Crippen LogP contribution in [0, 0.1) is 5.82 Å². The average molecular weight is 431 g/mol. The number of carbonyl (C=O) groups is 2. The number of hydrogen-bond acceptors (Lipinski definition) is 5. The lowest BCUT2D eigenvalue weighted by Gasteiger charge is -2.21. The number of carbonyl (C=O) groups excluding carboxylic acids is 2. The standard InChI is InChI=1S/C20H18FN3O5S/c1-22-20(26)18-14-7-12-9-23-17(25)10-24(30(2,27)28)15(12)8-16(14)29-19(18)11-3-5-13(21)6-4-11/h3-8H,9-10H2,1-2H3,(H,22,26)(H,23,25). The fraction of sp³-hybridized carbons (Fsp3) is 0.200. The van der Waals surface area contributed by atoms with Crippen molar-refractivity contribution in [2.75, 3.05) is 24.2 Å². The second-order valence-corrected chi connectivity index (χ2v) is 8.82. The van der Waals surface area contributed by atoms with Crippen LogP contribution in [0.2, 0.25) is 0 Å². The lowest BCUT2D eigenvalue weighted by atomic mass is 10.0. The van der Waals surface area contributed by atoms with Crippen molar-refractivity contribution in [1.82, 2.24) is 10.6 Å². The molecular formula is C20H18FN3O5S. The largest absolute Gasteiger partial charge is 0.455 e. The third-order valence-electron chi connectivity index (χ3n) is 4.88. The molecule has 0 saturated carbocycles. The van der Waals surface area contributed by atoms with Gasteiger partial charge in [-0.1, -0.05) is 0 Å². The Bertz CT molecular complexity index is 1280. The number of nitrogens with zero attached hydrogens (tertiary/aromatic N) is 1.